The largest absolute Gasteiger partial charge is 0.370 e. The van der Waals surface area contributed by atoms with E-state index in [0.717, 1.165) is 11.1 Å². The van der Waals surface area contributed by atoms with Crippen LogP contribution in [0.5, 0.6) is 0 Å². The van der Waals surface area contributed by atoms with Gasteiger partial charge in [0, 0.05) is 6.54 Å². The standard InChI is InChI=1S/C18H19N3O2/c19-11-12-22-13-16-20-18(21-23-16)17(14-7-3-1-4-8-14)15-9-5-2-6-10-15/h1-10,17H,11-13,19H2. The molecule has 2 aromatic carbocycles. The van der Waals surface area contributed by atoms with Gasteiger partial charge in [0.25, 0.3) is 5.89 Å². The molecule has 118 valence electrons. The van der Waals surface area contributed by atoms with Crippen LogP contribution in [0.15, 0.2) is 65.2 Å². The van der Waals surface area contributed by atoms with Crippen LogP contribution in [-0.4, -0.2) is 23.3 Å². The van der Waals surface area contributed by atoms with Crippen molar-refractivity contribution in [3.05, 3.63) is 83.5 Å². The molecule has 0 aliphatic carbocycles. The van der Waals surface area contributed by atoms with E-state index in [0.29, 0.717) is 24.9 Å². The van der Waals surface area contributed by atoms with Crippen LogP contribution in [0.25, 0.3) is 0 Å². The average molecular weight is 309 g/mol. The summed E-state index contributed by atoms with van der Waals surface area (Å²) in [5, 5.41) is 4.15. The van der Waals surface area contributed by atoms with Gasteiger partial charge in [0.15, 0.2) is 5.82 Å². The summed E-state index contributed by atoms with van der Waals surface area (Å²) in [4.78, 5) is 4.49. The molecular weight excluding hydrogens is 290 g/mol. The monoisotopic (exact) mass is 309 g/mol. The first-order chi connectivity index (χ1) is 11.4. The van der Waals surface area contributed by atoms with Crippen LogP contribution >= 0.6 is 0 Å². The van der Waals surface area contributed by atoms with E-state index in [1.54, 1.807) is 0 Å². The lowest BCUT2D eigenvalue weighted by Crippen LogP contribution is -2.08. The number of nitrogens with zero attached hydrogens (tertiary/aromatic N) is 2. The van der Waals surface area contributed by atoms with E-state index in [9.17, 15) is 0 Å². The lowest BCUT2D eigenvalue weighted by atomic mass is 9.91. The zero-order valence-electron chi connectivity index (χ0n) is 12.8. The van der Waals surface area contributed by atoms with Gasteiger partial charge in [-0.15, -0.1) is 0 Å². The fourth-order valence-corrected chi connectivity index (χ4v) is 2.47. The highest BCUT2D eigenvalue weighted by Gasteiger charge is 2.22. The summed E-state index contributed by atoms with van der Waals surface area (Å²) in [7, 11) is 0. The second-order valence-electron chi connectivity index (χ2n) is 5.14. The Kier molecular flexibility index (Phi) is 5.13. The fraction of sp³-hybridized carbons (Fsp3) is 0.222. The quantitative estimate of drug-likeness (QED) is 0.679. The van der Waals surface area contributed by atoms with Gasteiger partial charge < -0.3 is 15.0 Å². The van der Waals surface area contributed by atoms with Gasteiger partial charge in [-0.05, 0) is 11.1 Å². The maximum absolute atomic E-state index is 5.41. The van der Waals surface area contributed by atoms with Gasteiger partial charge in [0.05, 0.1) is 12.5 Å². The Morgan fingerprint density at radius 1 is 0.957 bits per heavy atom. The minimum atomic E-state index is -0.0654. The molecule has 0 atom stereocenters. The summed E-state index contributed by atoms with van der Waals surface area (Å²) in [6.45, 7) is 1.22. The molecule has 5 heteroatoms. The molecule has 0 unspecified atom stereocenters. The van der Waals surface area contributed by atoms with Crippen LogP contribution in [0.1, 0.15) is 28.8 Å². The number of benzene rings is 2. The summed E-state index contributed by atoms with van der Waals surface area (Å²) in [6.07, 6.45) is 0. The van der Waals surface area contributed by atoms with E-state index in [2.05, 4.69) is 34.4 Å². The fourth-order valence-electron chi connectivity index (χ4n) is 2.47. The molecule has 0 saturated heterocycles. The highest BCUT2D eigenvalue weighted by Crippen LogP contribution is 2.29. The summed E-state index contributed by atoms with van der Waals surface area (Å²) in [6, 6.07) is 20.3. The Balaban J connectivity index is 1.90. The Bertz CT molecular complexity index is 674. The zero-order chi connectivity index (χ0) is 15.9. The van der Waals surface area contributed by atoms with E-state index in [-0.39, 0.29) is 12.5 Å². The minimum Gasteiger partial charge on any atom is -0.370 e. The molecule has 0 aliphatic heterocycles. The Labute approximate surface area is 135 Å². The number of nitrogens with two attached hydrogens (primary N) is 1. The van der Waals surface area contributed by atoms with Gasteiger partial charge in [-0.3, -0.25) is 0 Å². The zero-order valence-corrected chi connectivity index (χ0v) is 12.8. The van der Waals surface area contributed by atoms with Crippen LogP contribution in [0.3, 0.4) is 0 Å². The maximum Gasteiger partial charge on any atom is 0.252 e. The molecule has 3 aromatic rings. The molecule has 1 heterocycles. The third-order valence-electron chi connectivity index (χ3n) is 3.50. The van der Waals surface area contributed by atoms with E-state index >= 15 is 0 Å². The molecule has 2 N–H and O–H groups in total. The van der Waals surface area contributed by atoms with Gasteiger partial charge in [0.1, 0.15) is 6.61 Å². The predicted molar refractivity (Wildman–Crippen MR) is 86.8 cm³/mol. The molecule has 5 nitrogen and oxygen atoms in total. The van der Waals surface area contributed by atoms with Gasteiger partial charge >= 0.3 is 0 Å². The average Bonchev–Trinajstić information content (AvgIpc) is 3.06. The molecule has 3 rings (SSSR count). The van der Waals surface area contributed by atoms with Crippen molar-refractivity contribution in [1.29, 1.82) is 0 Å². The Morgan fingerprint density at radius 3 is 2.13 bits per heavy atom. The SMILES string of the molecule is NCCOCc1nc(C(c2ccccc2)c2ccccc2)no1. The Morgan fingerprint density at radius 2 is 1.57 bits per heavy atom. The molecule has 0 spiro atoms. The van der Waals surface area contributed by atoms with Crippen molar-refractivity contribution >= 4 is 0 Å². The highest BCUT2D eigenvalue weighted by atomic mass is 16.5. The molecule has 23 heavy (non-hydrogen) atoms. The summed E-state index contributed by atoms with van der Waals surface area (Å²) in [5.41, 5.74) is 7.65. The van der Waals surface area contributed by atoms with Gasteiger partial charge in [-0.2, -0.15) is 4.98 Å². The van der Waals surface area contributed by atoms with Crippen LogP contribution in [-0.2, 0) is 11.3 Å². The van der Waals surface area contributed by atoms with Gasteiger partial charge in [-0.1, -0.05) is 65.8 Å². The molecule has 0 fully saturated rings. The first-order valence-corrected chi connectivity index (χ1v) is 7.58. The third kappa shape index (κ3) is 3.83. The minimum absolute atomic E-state index is 0.0654. The topological polar surface area (TPSA) is 74.2 Å². The lowest BCUT2D eigenvalue weighted by molar-refractivity contribution is 0.104. The number of ether oxygens (including phenoxy) is 1. The summed E-state index contributed by atoms with van der Waals surface area (Å²) in [5.74, 6) is 1.03. The molecule has 0 saturated carbocycles. The molecule has 1 aromatic heterocycles. The summed E-state index contributed by atoms with van der Waals surface area (Å²) < 4.78 is 10.7. The van der Waals surface area contributed by atoms with Crippen molar-refractivity contribution in [1.82, 2.24) is 10.1 Å². The van der Waals surface area contributed by atoms with Crippen LogP contribution in [0, 0.1) is 0 Å². The van der Waals surface area contributed by atoms with Crippen LogP contribution in [0.4, 0.5) is 0 Å². The molecule has 0 radical (unpaired) electrons. The first kappa shape index (κ1) is 15.4. The maximum atomic E-state index is 5.41. The number of hydrogen-bond acceptors (Lipinski definition) is 5. The van der Waals surface area contributed by atoms with Crippen molar-refractivity contribution < 1.29 is 9.26 Å². The van der Waals surface area contributed by atoms with Gasteiger partial charge in [-0.25, -0.2) is 0 Å². The first-order valence-electron chi connectivity index (χ1n) is 7.58. The number of rotatable bonds is 7. The normalized spacial score (nSPS) is 11.0. The van der Waals surface area contributed by atoms with Crippen LogP contribution in [0.2, 0.25) is 0 Å². The van der Waals surface area contributed by atoms with Crippen molar-refractivity contribution in [3.63, 3.8) is 0 Å². The smallest absolute Gasteiger partial charge is 0.252 e. The number of aromatic nitrogens is 2. The second kappa shape index (κ2) is 7.67. The van der Waals surface area contributed by atoms with Crippen molar-refractivity contribution in [2.45, 2.75) is 12.5 Å². The molecule has 0 aliphatic rings. The van der Waals surface area contributed by atoms with E-state index in [4.69, 9.17) is 15.0 Å². The third-order valence-corrected chi connectivity index (χ3v) is 3.50. The predicted octanol–water partition coefficient (Wildman–Crippen LogP) is 2.73. The lowest BCUT2D eigenvalue weighted by Gasteiger charge is -2.14. The van der Waals surface area contributed by atoms with Crippen molar-refractivity contribution in [3.8, 4) is 0 Å². The Hall–Kier alpha value is -2.50. The highest BCUT2D eigenvalue weighted by molar-refractivity contribution is 5.37. The van der Waals surface area contributed by atoms with Crippen molar-refractivity contribution in [2.24, 2.45) is 5.73 Å². The molecular formula is C18H19N3O2. The van der Waals surface area contributed by atoms with Crippen molar-refractivity contribution in [2.75, 3.05) is 13.2 Å². The van der Waals surface area contributed by atoms with Gasteiger partial charge in [0.2, 0.25) is 0 Å². The van der Waals surface area contributed by atoms with E-state index in [1.165, 1.54) is 0 Å². The van der Waals surface area contributed by atoms with E-state index < -0.39 is 0 Å². The van der Waals surface area contributed by atoms with Crippen LogP contribution < -0.4 is 5.73 Å². The van der Waals surface area contributed by atoms with E-state index in [1.807, 2.05) is 36.4 Å². The molecule has 0 bridgehead atoms. The number of hydrogen-bond donors (Lipinski definition) is 1. The summed E-state index contributed by atoms with van der Waals surface area (Å²) >= 11 is 0. The second-order valence-corrected chi connectivity index (χ2v) is 5.14. The molecule has 0 amide bonds.